The molecule has 0 spiro atoms. The lowest BCUT2D eigenvalue weighted by Crippen LogP contribution is -1.94. The van der Waals surface area contributed by atoms with E-state index >= 15 is 0 Å². The van der Waals surface area contributed by atoms with Gasteiger partial charge in [-0.1, -0.05) is 24.3 Å². The molecular formula is C18H13N5S. The zero-order valence-corrected chi connectivity index (χ0v) is 13.7. The molecule has 0 unspecified atom stereocenters. The summed E-state index contributed by atoms with van der Waals surface area (Å²) in [7, 11) is 0. The minimum Gasteiger partial charge on any atom is -0.238 e. The van der Waals surface area contributed by atoms with Gasteiger partial charge in [0.1, 0.15) is 10.7 Å². The van der Waals surface area contributed by atoms with E-state index in [1.165, 1.54) is 11.8 Å². The van der Waals surface area contributed by atoms with Gasteiger partial charge in [-0.15, -0.1) is 0 Å². The molecular weight excluding hydrogens is 318 g/mol. The number of benzene rings is 1. The Hall–Kier alpha value is -2.86. The summed E-state index contributed by atoms with van der Waals surface area (Å²) in [6.07, 6.45) is 3.57. The van der Waals surface area contributed by atoms with Gasteiger partial charge in [-0.3, -0.25) is 0 Å². The Morgan fingerprint density at radius 1 is 0.833 bits per heavy atom. The predicted molar refractivity (Wildman–Crippen MR) is 93.7 cm³/mol. The summed E-state index contributed by atoms with van der Waals surface area (Å²) in [5, 5.41) is 2.51. The van der Waals surface area contributed by atoms with Crippen molar-refractivity contribution in [3.63, 3.8) is 0 Å². The Labute approximate surface area is 143 Å². The topological polar surface area (TPSA) is 64.5 Å². The summed E-state index contributed by atoms with van der Waals surface area (Å²) < 4.78 is 0. The molecule has 5 nitrogen and oxygen atoms in total. The molecule has 4 rings (SSSR count). The molecule has 1 aromatic carbocycles. The average molecular weight is 331 g/mol. The summed E-state index contributed by atoms with van der Waals surface area (Å²) in [5.41, 5.74) is 2.57. The third-order valence-corrected chi connectivity index (χ3v) is 4.23. The van der Waals surface area contributed by atoms with Crippen LogP contribution in [0.2, 0.25) is 0 Å². The fourth-order valence-corrected chi connectivity index (χ4v) is 3.04. The quantitative estimate of drug-likeness (QED) is 0.530. The van der Waals surface area contributed by atoms with Crippen molar-refractivity contribution < 1.29 is 0 Å². The third kappa shape index (κ3) is 3.09. The molecule has 0 fully saturated rings. The number of aromatic nitrogens is 5. The van der Waals surface area contributed by atoms with Crippen molar-refractivity contribution in [3.8, 4) is 11.5 Å². The van der Waals surface area contributed by atoms with E-state index in [0.29, 0.717) is 11.0 Å². The minimum atomic E-state index is 0.612. The molecule has 0 bridgehead atoms. The number of pyridine rings is 1. The van der Waals surface area contributed by atoms with Gasteiger partial charge in [0.15, 0.2) is 11.0 Å². The Bertz CT molecular complexity index is 1020. The Balaban J connectivity index is 1.68. The standard InChI is InChI=1S/C18H13N5S/c1-12-9-10-19-18(21-12)24-16-8-4-7-15(22-16)17-20-11-13-5-2-3-6-14(13)23-17/h2-11H,1H3. The average Bonchev–Trinajstić information content (AvgIpc) is 2.61. The van der Waals surface area contributed by atoms with Gasteiger partial charge in [-0.25, -0.2) is 24.9 Å². The first kappa shape index (κ1) is 14.7. The van der Waals surface area contributed by atoms with Crippen LogP contribution in [0.3, 0.4) is 0 Å². The summed E-state index contributed by atoms with van der Waals surface area (Å²) >= 11 is 1.43. The first-order valence-corrected chi connectivity index (χ1v) is 8.26. The van der Waals surface area contributed by atoms with Gasteiger partial charge in [-0.05, 0) is 43.0 Å². The second-order valence-electron chi connectivity index (χ2n) is 5.20. The van der Waals surface area contributed by atoms with Crippen LogP contribution in [0.4, 0.5) is 0 Å². The molecule has 0 aliphatic heterocycles. The van der Waals surface area contributed by atoms with Gasteiger partial charge in [0.2, 0.25) is 0 Å². The molecule has 0 saturated carbocycles. The molecule has 116 valence electrons. The maximum Gasteiger partial charge on any atom is 0.194 e. The van der Waals surface area contributed by atoms with Crippen LogP contribution in [0.25, 0.3) is 22.4 Å². The molecule has 0 saturated heterocycles. The van der Waals surface area contributed by atoms with Crippen LogP contribution in [0, 0.1) is 6.92 Å². The number of aryl methyl sites for hydroxylation is 1. The summed E-state index contributed by atoms with van der Waals surface area (Å²) in [6.45, 7) is 1.94. The largest absolute Gasteiger partial charge is 0.238 e. The summed E-state index contributed by atoms with van der Waals surface area (Å²) in [6, 6.07) is 15.6. The number of fused-ring (bicyclic) bond motifs is 1. The van der Waals surface area contributed by atoms with Crippen LogP contribution in [0.5, 0.6) is 0 Å². The number of hydrogen-bond donors (Lipinski definition) is 0. The normalized spacial score (nSPS) is 10.9. The molecule has 0 atom stereocenters. The zero-order valence-electron chi connectivity index (χ0n) is 12.9. The van der Waals surface area contributed by atoms with E-state index in [1.807, 2.05) is 61.7 Å². The van der Waals surface area contributed by atoms with Gasteiger partial charge >= 0.3 is 0 Å². The van der Waals surface area contributed by atoms with Crippen LogP contribution in [0.15, 0.2) is 71.1 Å². The van der Waals surface area contributed by atoms with Crippen LogP contribution < -0.4 is 0 Å². The second kappa shape index (κ2) is 6.33. The highest BCUT2D eigenvalue weighted by Gasteiger charge is 2.08. The lowest BCUT2D eigenvalue weighted by molar-refractivity contribution is 0.927. The predicted octanol–water partition coefficient (Wildman–Crippen LogP) is 3.94. The van der Waals surface area contributed by atoms with Crippen molar-refractivity contribution in [3.05, 3.63) is 66.6 Å². The van der Waals surface area contributed by atoms with Crippen molar-refractivity contribution in [2.45, 2.75) is 17.1 Å². The second-order valence-corrected chi connectivity index (χ2v) is 6.18. The van der Waals surface area contributed by atoms with E-state index in [0.717, 1.165) is 27.3 Å². The Kier molecular flexibility index (Phi) is 3.88. The molecule has 24 heavy (non-hydrogen) atoms. The molecule has 3 aromatic heterocycles. The molecule has 6 heteroatoms. The minimum absolute atomic E-state index is 0.612. The van der Waals surface area contributed by atoms with E-state index in [-0.39, 0.29) is 0 Å². The van der Waals surface area contributed by atoms with E-state index < -0.39 is 0 Å². The molecule has 4 aromatic rings. The van der Waals surface area contributed by atoms with Crippen LogP contribution in [0.1, 0.15) is 5.69 Å². The first-order valence-electron chi connectivity index (χ1n) is 7.45. The monoisotopic (exact) mass is 331 g/mol. The van der Waals surface area contributed by atoms with E-state index in [1.54, 1.807) is 6.20 Å². The molecule has 0 N–H and O–H groups in total. The third-order valence-electron chi connectivity index (χ3n) is 3.41. The fourth-order valence-electron chi connectivity index (χ4n) is 2.26. The summed E-state index contributed by atoms with van der Waals surface area (Å²) in [5.74, 6) is 0.612. The highest BCUT2D eigenvalue weighted by molar-refractivity contribution is 7.99. The Morgan fingerprint density at radius 3 is 2.67 bits per heavy atom. The van der Waals surface area contributed by atoms with Crippen molar-refractivity contribution in [2.24, 2.45) is 0 Å². The molecule has 0 amide bonds. The number of rotatable bonds is 3. The van der Waals surface area contributed by atoms with Gasteiger partial charge < -0.3 is 0 Å². The molecule has 0 radical (unpaired) electrons. The van der Waals surface area contributed by atoms with Gasteiger partial charge in [0.05, 0.1) is 5.52 Å². The SMILES string of the molecule is Cc1ccnc(Sc2cccc(-c3ncc4ccccc4n3)n2)n1. The maximum atomic E-state index is 4.63. The van der Waals surface area contributed by atoms with E-state index in [2.05, 4.69) is 24.9 Å². The molecule has 0 aliphatic carbocycles. The highest BCUT2D eigenvalue weighted by Crippen LogP contribution is 2.25. The van der Waals surface area contributed by atoms with Crippen molar-refractivity contribution >= 4 is 22.7 Å². The summed E-state index contributed by atoms with van der Waals surface area (Å²) in [4.78, 5) is 22.3. The van der Waals surface area contributed by atoms with Gasteiger partial charge in [0, 0.05) is 23.5 Å². The van der Waals surface area contributed by atoms with Gasteiger partial charge in [0.25, 0.3) is 0 Å². The fraction of sp³-hybridized carbons (Fsp3) is 0.0556. The van der Waals surface area contributed by atoms with Crippen molar-refractivity contribution in [1.82, 2.24) is 24.9 Å². The number of hydrogen-bond acceptors (Lipinski definition) is 6. The number of nitrogens with zero attached hydrogens (tertiary/aromatic N) is 5. The Morgan fingerprint density at radius 2 is 1.75 bits per heavy atom. The van der Waals surface area contributed by atoms with Crippen molar-refractivity contribution in [2.75, 3.05) is 0 Å². The van der Waals surface area contributed by atoms with Gasteiger partial charge in [-0.2, -0.15) is 0 Å². The van der Waals surface area contributed by atoms with E-state index in [4.69, 9.17) is 0 Å². The van der Waals surface area contributed by atoms with Crippen molar-refractivity contribution in [1.29, 1.82) is 0 Å². The van der Waals surface area contributed by atoms with Crippen LogP contribution >= 0.6 is 11.8 Å². The van der Waals surface area contributed by atoms with Crippen LogP contribution in [-0.2, 0) is 0 Å². The molecule has 3 heterocycles. The first-order chi connectivity index (χ1) is 11.8. The molecule has 0 aliphatic rings. The van der Waals surface area contributed by atoms with Crippen LogP contribution in [-0.4, -0.2) is 24.9 Å². The van der Waals surface area contributed by atoms with E-state index in [9.17, 15) is 0 Å². The zero-order chi connectivity index (χ0) is 16.4. The lowest BCUT2D eigenvalue weighted by Gasteiger charge is -2.04. The lowest BCUT2D eigenvalue weighted by atomic mass is 10.2. The smallest absolute Gasteiger partial charge is 0.194 e. The highest BCUT2D eigenvalue weighted by atomic mass is 32.2. The number of para-hydroxylation sites is 1. The maximum absolute atomic E-state index is 4.63.